The molecule has 0 unspecified atom stereocenters. The van der Waals surface area contributed by atoms with Crippen molar-refractivity contribution >= 4 is 6.09 Å². The molecule has 0 saturated carbocycles. The fourth-order valence-electron chi connectivity index (χ4n) is 1.03. The number of nitrogens with two attached hydrogens (primary N) is 1. The first-order valence-corrected chi connectivity index (χ1v) is 4.00. The van der Waals surface area contributed by atoms with E-state index in [1.54, 1.807) is 0 Å². The van der Waals surface area contributed by atoms with Crippen LogP contribution in [0.2, 0.25) is 0 Å². The highest BCUT2D eigenvalue weighted by molar-refractivity contribution is 5.68. The average molecular weight is 199 g/mol. The number of rotatable bonds is 3. The van der Waals surface area contributed by atoms with Crippen LogP contribution in [0.25, 0.3) is 0 Å². The Morgan fingerprint density at radius 2 is 2.29 bits per heavy atom. The third-order valence-electron chi connectivity index (χ3n) is 1.62. The lowest BCUT2D eigenvalue weighted by Gasteiger charge is -2.04. The van der Waals surface area contributed by atoms with Gasteiger partial charge >= 0.3 is 6.09 Å². The normalized spacial score (nSPS) is 9.86. The molecule has 14 heavy (non-hydrogen) atoms. The molecule has 0 atom stereocenters. The van der Waals surface area contributed by atoms with E-state index in [0.717, 1.165) is 6.07 Å². The van der Waals surface area contributed by atoms with Crippen molar-refractivity contribution < 1.29 is 19.0 Å². The topological polar surface area (TPSA) is 72.6 Å². The summed E-state index contributed by atoms with van der Waals surface area (Å²) >= 11 is 0. The Hall–Kier alpha value is -1.62. The number of hydrogen-bond donors (Lipinski definition) is 2. The molecule has 0 spiro atoms. The number of hydrogen-bond acceptors (Lipinski definition) is 3. The molecule has 1 aromatic rings. The van der Waals surface area contributed by atoms with Crippen molar-refractivity contribution in [3.8, 4) is 5.75 Å². The zero-order valence-corrected chi connectivity index (χ0v) is 7.37. The fourth-order valence-corrected chi connectivity index (χ4v) is 1.03. The van der Waals surface area contributed by atoms with Crippen LogP contribution in [0.5, 0.6) is 5.75 Å². The molecule has 0 fully saturated rings. The van der Waals surface area contributed by atoms with E-state index in [1.165, 1.54) is 12.1 Å². The van der Waals surface area contributed by atoms with Crippen molar-refractivity contribution in [2.24, 2.45) is 5.73 Å². The molecule has 76 valence electrons. The average Bonchev–Trinajstić information content (AvgIpc) is 2.09. The van der Waals surface area contributed by atoms with Crippen molar-refractivity contribution in [2.45, 2.75) is 6.42 Å². The van der Waals surface area contributed by atoms with Gasteiger partial charge in [-0.3, -0.25) is 0 Å². The second-order valence-corrected chi connectivity index (χ2v) is 2.65. The largest absolute Gasteiger partial charge is 0.410 e. The minimum absolute atomic E-state index is 0.0525. The number of aliphatic hydroxyl groups is 1. The van der Waals surface area contributed by atoms with Crippen LogP contribution in [0.3, 0.4) is 0 Å². The maximum Gasteiger partial charge on any atom is 0.409 e. The Bertz CT molecular complexity index is 341. The first kappa shape index (κ1) is 10.5. The number of benzene rings is 1. The molecule has 0 aliphatic rings. The van der Waals surface area contributed by atoms with Gasteiger partial charge in [-0.15, -0.1) is 0 Å². The van der Waals surface area contributed by atoms with Crippen molar-refractivity contribution in [3.63, 3.8) is 0 Å². The minimum Gasteiger partial charge on any atom is -0.410 e. The van der Waals surface area contributed by atoms with Crippen LogP contribution in [0.15, 0.2) is 18.2 Å². The van der Waals surface area contributed by atoms with E-state index in [4.69, 9.17) is 10.8 Å². The van der Waals surface area contributed by atoms with Gasteiger partial charge in [0.2, 0.25) is 0 Å². The molecule has 4 nitrogen and oxygen atoms in total. The maximum atomic E-state index is 13.1. The number of amides is 1. The quantitative estimate of drug-likeness (QED) is 0.756. The van der Waals surface area contributed by atoms with E-state index in [2.05, 4.69) is 4.74 Å². The van der Waals surface area contributed by atoms with E-state index < -0.39 is 11.9 Å². The van der Waals surface area contributed by atoms with Crippen LogP contribution in [0, 0.1) is 5.82 Å². The van der Waals surface area contributed by atoms with Gasteiger partial charge in [0.1, 0.15) is 11.6 Å². The van der Waals surface area contributed by atoms with Gasteiger partial charge in [0.05, 0.1) is 0 Å². The zero-order chi connectivity index (χ0) is 10.6. The molecule has 1 amide bonds. The minimum atomic E-state index is -0.987. The first-order chi connectivity index (χ1) is 6.63. The van der Waals surface area contributed by atoms with Gasteiger partial charge in [0, 0.05) is 12.7 Å². The predicted molar refractivity (Wildman–Crippen MR) is 47.4 cm³/mol. The van der Waals surface area contributed by atoms with Gasteiger partial charge in [0.25, 0.3) is 0 Å². The Morgan fingerprint density at radius 3 is 2.79 bits per heavy atom. The molecule has 1 aromatic carbocycles. The zero-order valence-electron chi connectivity index (χ0n) is 7.37. The van der Waals surface area contributed by atoms with Gasteiger partial charge < -0.3 is 15.6 Å². The number of primary amides is 1. The van der Waals surface area contributed by atoms with E-state index in [1.807, 2.05) is 0 Å². The molecule has 0 saturated heterocycles. The van der Waals surface area contributed by atoms with Crippen molar-refractivity contribution in [3.05, 3.63) is 29.6 Å². The summed E-state index contributed by atoms with van der Waals surface area (Å²) in [4.78, 5) is 10.3. The lowest BCUT2D eigenvalue weighted by molar-refractivity contribution is 0.210. The summed E-state index contributed by atoms with van der Waals surface area (Å²) in [6, 6.07) is 3.90. The van der Waals surface area contributed by atoms with Crippen molar-refractivity contribution in [1.29, 1.82) is 0 Å². The summed E-state index contributed by atoms with van der Waals surface area (Å²) < 4.78 is 17.6. The molecule has 5 heteroatoms. The fraction of sp³-hybridized carbons (Fsp3) is 0.222. The molecule has 1 rings (SSSR count). The van der Waals surface area contributed by atoms with Crippen LogP contribution in [0.4, 0.5) is 9.18 Å². The number of halogens is 1. The second kappa shape index (κ2) is 4.57. The van der Waals surface area contributed by atoms with Crippen LogP contribution in [-0.2, 0) is 6.42 Å². The lowest BCUT2D eigenvalue weighted by atomic mass is 10.1. The highest BCUT2D eigenvalue weighted by Crippen LogP contribution is 2.16. The number of carbonyl (C=O) groups excluding carboxylic acids is 1. The van der Waals surface area contributed by atoms with Crippen LogP contribution < -0.4 is 10.5 Å². The molecule has 0 bridgehead atoms. The summed E-state index contributed by atoms with van der Waals surface area (Å²) in [6.07, 6.45) is -0.762. The standard InChI is InChI=1S/C9H10FNO3/c10-8-5-7(14-9(11)13)2-1-6(8)3-4-12/h1-2,5,12H,3-4H2,(H2,11,13). The van der Waals surface area contributed by atoms with Crippen LogP contribution in [0.1, 0.15) is 5.56 Å². The number of ether oxygens (including phenoxy) is 1. The van der Waals surface area contributed by atoms with Crippen LogP contribution in [-0.4, -0.2) is 17.8 Å². The summed E-state index contributed by atoms with van der Waals surface area (Å²) in [5.74, 6) is -0.477. The Balaban J connectivity index is 2.83. The molecule has 0 aromatic heterocycles. The monoisotopic (exact) mass is 199 g/mol. The predicted octanol–water partition coefficient (Wildman–Crippen LogP) is 0.818. The van der Waals surface area contributed by atoms with Crippen LogP contribution >= 0.6 is 0 Å². The summed E-state index contributed by atoms with van der Waals surface area (Å²) in [5, 5.41) is 8.59. The summed E-state index contributed by atoms with van der Waals surface area (Å²) in [6.45, 7) is -0.132. The van der Waals surface area contributed by atoms with E-state index in [-0.39, 0.29) is 18.8 Å². The molecule has 0 heterocycles. The van der Waals surface area contributed by atoms with E-state index in [0.29, 0.717) is 5.56 Å². The lowest BCUT2D eigenvalue weighted by Crippen LogP contribution is -2.16. The summed E-state index contributed by atoms with van der Waals surface area (Å²) in [5.41, 5.74) is 5.11. The SMILES string of the molecule is NC(=O)Oc1ccc(CCO)c(F)c1. The van der Waals surface area contributed by atoms with Crippen molar-refractivity contribution in [1.82, 2.24) is 0 Å². The highest BCUT2D eigenvalue weighted by Gasteiger charge is 2.05. The first-order valence-electron chi connectivity index (χ1n) is 4.00. The molecule has 0 aliphatic carbocycles. The molecular formula is C9H10FNO3. The molecule has 0 aliphatic heterocycles. The van der Waals surface area contributed by atoms with Gasteiger partial charge in [-0.05, 0) is 18.1 Å². The van der Waals surface area contributed by atoms with E-state index in [9.17, 15) is 9.18 Å². The van der Waals surface area contributed by atoms with Gasteiger partial charge in [-0.1, -0.05) is 6.07 Å². The molecule has 0 radical (unpaired) electrons. The third kappa shape index (κ3) is 2.70. The molecular weight excluding hydrogens is 189 g/mol. The van der Waals surface area contributed by atoms with Gasteiger partial charge in [-0.2, -0.15) is 0 Å². The summed E-state index contributed by atoms with van der Waals surface area (Å²) in [7, 11) is 0. The Kier molecular flexibility index (Phi) is 3.41. The van der Waals surface area contributed by atoms with Gasteiger partial charge in [-0.25, -0.2) is 9.18 Å². The van der Waals surface area contributed by atoms with Gasteiger partial charge in [0.15, 0.2) is 0 Å². The van der Waals surface area contributed by atoms with E-state index >= 15 is 0 Å². The Morgan fingerprint density at radius 1 is 1.57 bits per heavy atom. The smallest absolute Gasteiger partial charge is 0.409 e. The van der Waals surface area contributed by atoms with Crippen molar-refractivity contribution in [2.75, 3.05) is 6.61 Å². The maximum absolute atomic E-state index is 13.1. The number of carbonyl (C=O) groups is 1. The second-order valence-electron chi connectivity index (χ2n) is 2.65. The molecule has 3 N–H and O–H groups in total. The number of aliphatic hydroxyl groups excluding tert-OH is 1. The highest BCUT2D eigenvalue weighted by atomic mass is 19.1. The Labute approximate surface area is 80.1 Å². The third-order valence-corrected chi connectivity index (χ3v) is 1.62.